The zero-order valence-electron chi connectivity index (χ0n) is 15.4. The largest absolute Gasteiger partial charge is 0.357 e. The van der Waals surface area contributed by atoms with E-state index >= 15 is 0 Å². The molecular formula is C17H31IN6O. The maximum atomic E-state index is 5.01. The van der Waals surface area contributed by atoms with Crippen molar-refractivity contribution in [2.24, 2.45) is 10.9 Å². The highest BCUT2D eigenvalue weighted by atomic mass is 127. The molecule has 8 heteroatoms. The number of aliphatic imine (C=N–C) groups is 1. The predicted molar refractivity (Wildman–Crippen MR) is 109 cm³/mol. The van der Waals surface area contributed by atoms with E-state index in [1.54, 1.807) is 6.92 Å². The zero-order valence-corrected chi connectivity index (χ0v) is 17.7. The Kier molecular flexibility index (Phi) is 8.41. The van der Waals surface area contributed by atoms with Gasteiger partial charge < -0.3 is 19.6 Å². The normalized spacial score (nSPS) is 22.1. The molecule has 7 nitrogen and oxygen atoms in total. The fraction of sp³-hybridized carbons (Fsp3) is 0.824. The summed E-state index contributed by atoms with van der Waals surface area (Å²) in [6.07, 6.45) is 5.39. The highest BCUT2D eigenvalue weighted by Crippen LogP contribution is 2.20. The Morgan fingerprint density at radius 2 is 2.08 bits per heavy atom. The maximum absolute atomic E-state index is 5.01. The lowest BCUT2D eigenvalue weighted by Crippen LogP contribution is -2.41. The molecule has 1 unspecified atom stereocenters. The molecule has 25 heavy (non-hydrogen) atoms. The van der Waals surface area contributed by atoms with Crippen LogP contribution in [0.25, 0.3) is 0 Å². The van der Waals surface area contributed by atoms with Gasteiger partial charge in [0.15, 0.2) is 11.8 Å². The van der Waals surface area contributed by atoms with Gasteiger partial charge in [-0.1, -0.05) is 11.6 Å². The molecule has 2 aliphatic heterocycles. The van der Waals surface area contributed by atoms with Gasteiger partial charge in [0.1, 0.15) is 6.54 Å². The molecule has 1 aromatic rings. The second kappa shape index (κ2) is 10.3. The molecule has 0 aromatic carbocycles. The van der Waals surface area contributed by atoms with Crippen LogP contribution in [-0.4, -0.2) is 65.2 Å². The molecular weight excluding hydrogens is 431 g/mol. The van der Waals surface area contributed by atoms with Crippen molar-refractivity contribution < 1.29 is 4.52 Å². The summed E-state index contributed by atoms with van der Waals surface area (Å²) < 4.78 is 5.01. The first-order chi connectivity index (χ1) is 11.7. The molecule has 0 radical (unpaired) electrons. The monoisotopic (exact) mass is 462 g/mol. The maximum Gasteiger partial charge on any atom is 0.223 e. The fourth-order valence-electron chi connectivity index (χ4n) is 3.66. The molecule has 3 heterocycles. The lowest BCUT2D eigenvalue weighted by Gasteiger charge is -2.29. The first kappa shape index (κ1) is 20.4. The van der Waals surface area contributed by atoms with Gasteiger partial charge in [-0.2, -0.15) is 4.98 Å². The van der Waals surface area contributed by atoms with Gasteiger partial charge in [-0.25, -0.2) is 4.99 Å². The summed E-state index contributed by atoms with van der Waals surface area (Å²) >= 11 is 0. The van der Waals surface area contributed by atoms with Crippen LogP contribution in [0.15, 0.2) is 9.52 Å². The summed E-state index contributed by atoms with van der Waals surface area (Å²) in [6, 6.07) is 0. The molecule has 2 aliphatic rings. The minimum atomic E-state index is 0. The topological polar surface area (TPSA) is 69.8 Å². The summed E-state index contributed by atoms with van der Waals surface area (Å²) in [5, 5.41) is 7.32. The van der Waals surface area contributed by atoms with Crippen LogP contribution in [0.2, 0.25) is 0 Å². The van der Waals surface area contributed by atoms with Gasteiger partial charge in [-0.15, -0.1) is 24.0 Å². The molecule has 0 amide bonds. The summed E-state index contributed by atoms with van der Waals surface area (Å²) in [6.45, 7) is 11.2. The fourth-order valence-corrected chi connectivity index (χ4v) is 3.66. The van der Waals surface area contributed by atoms with Crippen LogP contribution in [0.3, 0.4) is 0 Å². The Morgan fingerprint density at radius 3 is 2.76 bits per heavy atom. The van der Waals surface area contributed by atoms with Crippen molar-refractivity contribution >= 4 is 29.9 Å². The van der Waals surface area contributed by atoms with Crippen LogP contribution in [0.1, 0.15) is 44.3 Å². The lowest BCUT2D eigenvalue weighted by atomic mass is 10.1. The number of nitrogens with zero attached hydrogens (tertiary/aromatic N) is 5. The summed E-state index contributed by atoms with van der Waals surface area (Å²) in [7, 11) is 0. The van der Waals surface area contributed by atoms with Crippen molar-refractivity contribution in [3.05, 3.63) is 11.7 Å². The average Bonchev–Trinajstić information content (AvgIpc) is 3.22. The van der Waals surface area contributed by atoms with Crippen molar-refractivity contribution in [1.29, 1.82) is 0 Å². The van der Waals surface area contributed by atoms with Crippen LogP contribution >= 0.6 is 24.0 Å². The highest BCUT2D eigenvalue weighted by molar-refractivity contribution is 14.0. The standard InChI is InChI=1S/C17H30N6O.HI/c1-3-18-17(19-11-16-20-14(2)24-21-16)23-10-7-15(13-23)12-22-8-5-4-6-9-22;/h15H,3-13H2,1-2H3,(H,18,19);1H. The molecule has 0 bridgehead atoms. The first-order valence-corrected chi connectivity index (χ1v) is 9.29. The number of hydrogen-bond donors (Lipinski definition) is 1. The number of piperidine rings is 1. The van der Waals surface area contributed by atoms with Crippen LogP contribution in [-0.2, 0) is 6.54 Å². The smallest absolute Gasteiger partial charge is 0.223 e. The Bertz CT molecular complexity index is 543. The van der Waals surface area contributed by atoms with E-state index in [-0.39, 0.29) is 24.0 Å². The molecule has 1 atom stereocenters. The molecule has 2 saturated heterocycles. The van der Waals surface area contributed by atoms with E-state index in [2.05, 4.69) is 32.2 Å². The van der Waals surface area contributed by atoms with E-state index in [1.165, 1.54) is 45.3 Å². The van der Waals surface area contributed by atoms with Gasteiger partial charge >= 0.3 is 0 Å². The lowest BCUT2D eigenvalue weighted by molar-refractivity contribution is 0.198. The van der Waals surface area contributed by atoms with Crippen molar-refractivity contribution in [3.8, 4) is 0 Å². The Labute approximate surface area is 167 Å². The minimum Gasteiger partial charge on any atom is -0.357 e. The van der Waals surface area contributed by atoms with Gasteiger partial charge in [-0.05, 0) is 45.2 Å². The van der Waals surface area contributed by atoms with E-state index in [1.807, 2.05) is 0 Å². The molecule has 0 saturated carbocycles. The van der Waals surface area contributed by atoms with Gasteiger partial charge in [0, 0.05) is 33.1 Å². The van der Waals surface area contributed by atoms with Crippen molar-refractivity contribution in [1.82, 2.24) is 25.3 Å². The molecule has 0 aliphatic carbocycles. The number of halogens is 1. The molecule has 142 valence electrons. The number of aromatic nitrogens is 2. The number of likely N-dealkylation sites (tertiary alicyclic amines) is 2. The van der Waals surface area contributed by atoms with Crippen LogP contribution < -0.4 is 5.32 Å². The summed E-state index contributed by atoms with van der Waals surface area (Å²) in [5.41, 5.74) is 0. The van der Waals surface area contributed by atoms with Gasteiger partial charge in [0.25, 0.3) is 0 Å². The predicted octanol–water partition coefficient (Wildman–Crippen LogP) is 2.27. The Hall–Kier alpha value is -0.900. The molecule has 1 aromatic heterocycles. The molecule has 0 spiro atoms. The average molecular weight is 462 g/mol. The zero-order chi connectivity index (χ0) is 16.8. The summed E-state index contributed by atoms with van der Waals surface area (Å²) in [4.78, 5) is 13.9. The van der Waals surface area contributed by atoms with E-state index in [0.29, 0.717) is 18.3 Å². The molecule has 3 rings (SSSR count). The summed E-state index contributed by atoms with van der Waals surface area (Å²) in [5.74, 6) is 2.96. The van der Waals surface area contributed by atoms with E-state index in [4.69, 9.17) is 9.52 Å². The number of rotatable bonds is 5. The number of hydrogen-bond acceptors (Lipinski definition) is 5. The quantitative estimate of drug-likeness (QED) is 0.412. The SMILES string of the molecule is CCNC(=NCc1noc(C)n1)N1CCC(CN2CCCCC2)C1.I. The third-order valence-corrected chi connectivity index (χ3v) is 4.83. The van der Waals surface area contributed by atoms with E-state index in [0.717, 1.165) is 31.5 Å². The van der Waals surface area contributed by atoms with Crippen LogP contribution in [0, 0.1) is 12.8 Å². The second-order valence-electron chi connectivity index (χ2n) is 6.86. The number of aryl methyl sites for hydroxylation is 1. The molecule has 1 N–H and O–H groups in total. The van der Waals surface area contributed by atoms with E-state index < -0.39 is 0 Å². The molecule has 2 fully saturated rings. The first-order valence-electron chi connectivity index (χ1n) is 9.29. The Balaban J connectivity index is 0.00000225. The number of guanidine groups is 1. The van der Waals surface area contributed by atoms with Gasteiger partial charge in [0.2, 0.25) is 5.89 Å². The second-order valence-corrected chi connectivity index (χ2v) is 6.86. The van der Waals surface area contributed by atoms with Crippen molar-refractivity contribution in [2.45, 2.75) is 46.1 Å². The minimum absolute atomic E-state index is 0. The van der Waals surface area contributed by atoms with E-state index in [9.17, 15) is 0 Å². The van der Waals surface area contributed by atoms with Gasteiger partial charge in [-0.3, -0.25) is 0 Å². The Morgan fingerprint density at radius 1 is 1.28 bits per heavy atom. The van der Waals surface area contributed by atoms with Gasteiger partial charge in [0.05, 0.1) is 0 Å². The van der Waals surface area contributed by atoms with Crippen molar-refractivity contribution in [3.63, 3.8) is 0 Å². The number of nitrogens with one attached hydrogen (secondary N) is 1. The highest BCUT2D eigenvalue weighted by Gasteiger charge is 2.27. The third kappa shape index (κ3) is 6.09. The van der Waals surface area contributed by atoms with Crippen molar-refractivity contribution in [2.75, 3.05) is 39.3 Å². The van der Waals surface area contributed by atoms with Crippen LogP contribution in [0.5, 0.6) is 0 Å². The van der Waals surface area contributed by atoms with Crippen LogP contribution in [0.4, 0.5) is 0 Å². The third-order valence-electron chi connectivity index (χ3n) is 4.83.